The van der Waals surface area contributed by atoms with E-state index in [2.05, 4.69) is 11.1 Å². The molecule has 4 rings (SSSR count). The van der Waals surface area contributed by atoms with Crippen molar-refractivity contribution in [3.63, 3.8) is 0 Å². The average Bonchev–Trinajstić information content (AvgIpc) is 3.09. The molecule has 1 aromatic rings. The molecule has 1 N–H and O–H groups in total. The maximum absolute atomic E-state index is 12.9. The van der Waals surface area contributed by atoms with Crippen LogP contribution in [-0.4, -0.2) is 21.7 Å². The van der Waals surface area contributed by atoms with E-state index in [9.17, 15) is 14.7 Å². The number of pyridine rings is 1. The average molecular weight is 327 g/mol. The third-order valence-electron chi connectivity index (χ3n) is 5.02. The zero-order valence-electron chi connectivity index (χ0n) is 12.9. The van der Waals surface area contributed by atoms with Gasteiger partial charge in [0.05, 0.1) is 0 Å². The minimum Gasteiger partial charge on any atom is -0.503 e. The van der Waals surface area contributed by atoms with Crippen LogP contribution in [0.2, 0.25) is 0 Å². The second-order valence-corrected chi connectivity index (χ2v) is 7.66. The van der Waals surface area contributed by atoms with Crippen molar-refractivity contribution in [1.29, 1.82) is 0 Å². The van der Waals surface area contributed by atoms with E-state index in [-0.39, 0.29) is 45.9 Å². The third kappa shape index (κ3) is 2.17. The van der Waals surface area contributed by atoms with Crippen molar-refractivity contribution >= 4 is 23.3 Å². The smallest absolute Gasteiger partial charge is 0.202 e. The van der Waals surface area contributed by atoms with Gasteiger partial charge in [-0.2, -0.15) is 0 Å². The number of aliphatic hydroxyl groups excluding tert-OH is 1. The number of aryl methyl sites for hydroxylation is 2. The van der Waals surface area contributed by atoms with Crippen LogP contribution in [0.1, 0.15) is 17.7 Å². The highest BCUT2D eigenvalue weighted by molar-refractivity contribution is 8.04. The number of fused-ring (bicyclic) bond motifs is 5. The molecule has 3 aliphatic carbocycles. The van der Waals surface area contributed by atoms with E-state index < -0.39 is 0 Å². The van der Waals surface area contributed by atoms with E-state index in [4.69, 9.17) is 0 Å². The molecule has 23 heavy (non-hydrogen) atoms. The van der Waals surface area contributed by atoms with Gasteiger partial charge in [-0.3, -0.25) is 9.59 Å². The number of carbonyl (C=O) groups excluding carboxylic acids is 2. The quantitative estimate of drug-likeness (QED) is 0.845. The Balaban J connectivity index is 1.72. The van der Waals surface area contributed by atoms with Crippen LogP contribution in [0.3, 0.4) is 0 Å². The predicted molar refractivity (Wildman–Crippen MR) is 87.0 cm³/mol. The van der Waals surface area contributed by atoms with E-state index in [1.807, 2.05) is 32.1 Å². The number of carbonyl (C=O) groups is 2. The zero-order chi connectivity index (χ0) is 16.3. The lowest BCUT2D eigenvalue weighted by Gasteiger charge is -2.30. The molecule has 5 heteroatoms. The molecule has 4 nitrogen and oxygen atoms in total. The van der Waals surface area contributed by atoms with Gasteiger partial charge < -0.3 is 5.11 Å². The van der Waals surface area contributed by atoms with Gasteiger partial charge in [-0.05, 0) is 49.8 Å². The van der Waals surface area contributed by atoms with Crippen LogP contribution in [0, 0.1) is 37.5 Å². The number of thioether (sulfide) groups is 1. The predicted octanol–water partition coefficient (Wildman–Crippen LogP) is 3.15. The van der Waals surface area contributed by atoms with Gasteiger partial charge in [0, 0.05) is 17.5 Å². The number of aliphatic hydroxyl groups is 1. The number of aromatic nitrogens is 1. The van der Waals surface area contributed by atoms with Crippen molar-refractivity contribution < 1.29 is 14.7 Å². The molecule has 0 saturated heterocycles. The molecule has 118 valence electrons. The Hall–Kier alpha value is -1.88. The number of Topliss-reactive ketones (excluding diaryl/α,β-unsaturated/α-hetero) is 2. The van der Waals surface area contributed by atoms with E-state index in [0.717, 1.165) is 29.4 Å². The first kappa shape index (κ1) is 14.7. The van der Waals surface area contributed by atoms with Gasteiger partial charge >= 0.3 is 0 Å². The van der Waals surface area contributed by atoms with Crippen LogP contribution in [0.4, 0.5) is 0 Å². The molecule has 1 saturated carbocycles. The summed E-state index contributed by atoms with van der Waals surface area (Å²) in [6.45, 7) is 3.84. The molecule has 1 fully saturated rings. The van der Waals surface area contributed by atoms with Gasteiger partial charge in [0.2, 0.25) is 5.78 Å². The Morgan fingerprint density at radius 2 is 1.74 bits per heavy atom. The molecule has 2 bridgehead atoms. The molecule has 1 heterocycles. The van der Waals surface area contributed by atoms with Crippen molar-refractivity contribution in [1.82, 2.24) is 4.98 Å². The van der Waals surface area contributed by atoms with Gasteiger partial charge in [0.15, 0.2) is 11.5 Å². The fourth-order valence-electron chi connectivity index (χ4n) is 4.13. The topological polar surface area (TPSA) is 67.3 Å². The first-order valence-electron chi connectivity index (χ1n) is 7.79. The van der Waals surface area contributed by atoms with Gasteiger partial charge in [0.25, 0.3) is 0 Å². The highest BCUT2D eigenvalue weighted by Gasteiger charge is 2.55. The number of rotatable bonds is 2. The lowest BCUT2D eigenvalue weighted by molar-refractivity contribution is -0.132. The van der Waals surface area contributed by atoms with E-state index in [0.29, 0.717) is 5.03 Å². The standard InChI is InChI=1S/C18H17NO3S/c1-8-5-9(2)19-12(6-8)23-18-16(21)14-11-4-3-10(7-11)13(14)15(20)17(18)22/h3-6,10-11,13-14,22H,7H2,1-2H3/t10-,11-,13-,14-/m0/s1. The lowest BCUT2D eigenvalue weighted by atomic mass is 9.74. The third-order valence-corrected chi connectivity index (χ3v) is 6.03. The van der Waals surface area contributed by atoms with Crippen LogP contribution in [0.25, 0.3) is 0 Å². The Morgan fingerprint density at radius 1 is 1.09 bits per heavy atom. The Kier molecular flexibility index (Phi) is 3.23. The Labute approximate surface area is 138 Å². The summed E-state index contributed by atoms with van der Waals surface area (Å²) in [5, 5.41) is 11.0. The summed E-state index contributed by atoms with van der Waals surface area (Å²) < 4.78 is 0. The summed E-state index contributed by atoms with van der Waals surface area (Å²) in [6, 6.07) is 3.81. The summed E-state index contributed by atoms with van der Waals surface area (Å²) in [7, 11) is 0. The van der Waals surface area contributed by atoms with Gasteiger partial charge in [0.1, 0.15) is 9.93 Å². The van der Waals surface area contributed by atoms with Crippen molar-refractivity contribution in [2.75, 3.05) is 0 Å². The van der Waals surface area contributed by atoms with Crippen LogP contribution < -0.4 is 0 Å². The van der Waals surface area contributed by atoms with Gasteiger partial charge in [-0.15, -0.1) is 0 Å². The number of hydrogen-bond donors (Lipinski definition) is 1. The summed E-state index contributed by atoms with van der Waals surface area (Å²) >= 11 is 1.11. The van der Waals surface area contributed by atoms with Gasteiger partial charge in [-0.1, -0.05) is 23.9 Å². The molecule has 0 amide bonds. The summed E-state index contributed by atoms with van der Waals surface area (Å²) in [6.07, 6.45) is 4.92. The summed E-state index contributed by atoms with van der Waals surface area (Å²) in [4.78, 5) is 30.0. The first-order chi connectivity index (χ1) is 11.0. The maximum Gasteiger partial charge on any atom is 0.202 e. The van der Waals surface area contributed by atoms with Crippen LogP contribution >= 0.6 is 11.8 Å². The fraction of sp³-hybridized carbons (Fsp3) is 0.389. The van der Waals surface area contributed by atoms with E-state index >= 15 is 0 Å². The molecule has 4 atom stereocenters. The SMILES string of the molecule is Cc1cc(C)nc(SC2=C(O)C(=O)[C@@H]3[C@@H](C2=O)[C@H]2C=C[C@H]3C2)c1. The maximum atomic E-state index is 12.9. The highest BCUT2D eigenvalue weighted by Crippen LogP contribution is 2.53. The fourth-order valence-corrected chi connectivity index (χ4v) is 5.21. The molecule has 0 radical (unpaired) electrons. The monoisotopic (exact) mass is 327 g/mol. The molecule has 0 aliphatic heterocycles. The Morgan fingerprint density at radius 3 is 2.39 bits per heavy atom. The number of nitrogens with zero attached hydrogens (tertiary/aromatic N) is 1. The molecule has 0 spiro atoms. The van der Waals surface area contributed by atoms with E-state index in [1.165, 1.54) is 0 Å². The van der Waals surface area contributed by atoms with Crippen LogP contribution in [0.5, 0.6) is 0 Å². The highest BCUT2D eigenvalue weighted by atomic mass is 32.2. The molecule has 0 aromatic carbocycles. The largest absolute Gasteiger partial charge is 0.503 e. The molecule has 1 aromatic heterocycles. The molecular weight excluding hydrogens is 310 g/mol. The molecular formula is C18H17NO3S. The molecule has 0 unspecified atom stereocenters. The number of ketones is 2. The normalized spacial score (nSPS) is 31.9. The first-order valence-corrected chi connectivity index (χ1v) is 8.60. The number of hydrogen-bond acceptors (Lipinski definition) is 5. The van der Waals surface area contributed by atoms with Gasteiger partial charge in [-0.25, -0.2) is 4.98 Å². The Bertz CT molecular complexity index is 775. The second-order valence-electron chi connectivity index (χ2n) is 6.63. The minimum absolute atomic E-state index is 0.102. The van der Waals surface area contributed by atoms with Crippen LogP contribution in [0.15, 0.2) is 40.0 Å². The van der Waals surface area contributed by atoms with Crippen molar-refractivity contribution in [2.45, 2.75) is 25.3 Å². The van der Waals surface area contributed by atoms with Crippen LogP contribution in [-0.2, 0) is 9.59 Å². The van der Waals surface area contributed by atoms with Crippen molar-refractivity contribution in [3.05, 3.63) is 46.2 Å². The van der Waals surface area contributed by atoms with E-state index in [1.54, 1.807) is 0 Å². The van der Waals surface area contributed by atoms with Crippen molar-refractivity contribution in [3.8, 4) is 0 Å². The molecule has 3 aliphatic rings. The van der Waals surface area contributed by atoms with Crippen molar-refractivity contribution in [2.24, 2.45) is 23.7 Å². The lowest BCUT2D eigenvalue weighted by Crippen LogP contribution is -2.39. The minimum atomic E-state index is -0.372. The second kappa shape index (κ2) is 5.06. The summed E-state index contributed by atoms with van der Waals surface area (Å²) in [5.74, 6) is -1.18. The zero-order valence-corrected chi connectivity index (χ0v) is 13.8. The number of allylic oxidation sites excluding steroid dienone is 4. The summed E-state index contributed by atoms with van der Waals surface area (Å²) in [5.41, 5.74) is 1.89.